The molecule has 3 rings (SSSR count). The maximum Gasteiger partial charge on any atom is 0.343 e. The van der Waals surface area contributed by atoms with E-state index < -0.39 is 5.97 Å². The molecule has 0 atom stereocenters. The Morgan fingerprint density at radius 3 is 2.31 bits per heavy atom. The third-order valence-electron chi connectivity index (χ3n) is 4.25. The minimum absolute atomic E-state index is 0.121. The fourth-order valence-electron chi connectivity index (χ4n) is 2.77. The maximum atomic E-state index is 12.7. The van der Waals surface area contributed by atoms with E-state index in [-0.39, 0.29) is 18.1 Å². The van der Waals surface area contributed by atoms with Crippen LogP contribution >= 0.6 is 0 Å². The predicted octanol–water partition coefficient (Wildman–Crippen LogP) is 2.88. The van der Waals surface area contributed by atoms with E-state index in [4.69, 9.17) is 23.7 Å². The van der Waals surface area contributed by atoms with Crippen molar-refractivity contribution in [1.29, 1.82) is 0 Å². The van der Waals surface area contributed by atoms with E-state index in [1.54, 1.807) is 36.4 Å². The van der Waals surface area contributed by atoms with E-state index in [1.807, 2.05) is 0 Å². The van der Waals surface area contributed by atoms with Gasteiger partial charge in [-0.3, -0.25) is 4.79 Å². The second-order valence-corrected chi connectivity index (χ2v) is 5.91. The van der Waals surface area contributed by atoms with Gasteiger partial charge in [-0.2, -0.15) is 0 Å². The van der Waals surface area contributed by atoms with Gasteiger partial charge in [0.25, 0.3) is 0 Å². The second kappa shape index (κ2) is 8.55. The Balaban J connectivity index is 1.89. The van der Waals surface area contributed by atoms with Crippen LogP contribution in [0.25, 0.3) is 6.08 Å². The van der Waals surface area contributed by atoms with Crippen LogP contribution in [0.4, 0.5) is 0 Å². The van der Waals surface area contributed by atoms with Gasteiger partial charge < -0.3 is 28.4 Å². The molecule has 0 aromatic heterocycles. The van der Waals surface area contributed by atoms with Crippen molar-refractivity contribution in [2.75, 3.05) is 35.0 Å². The molecular weight excluding hydrogens is 380 g/mol. The molecule has 152 valence electrons. The van der Waals surface area contributed by atoms with Gasteiger partial charge in [0.2, 0.25) is 5.78 Å². The van der Waals surface area contributed by atoms with Gasteiger partial charge in [-0.05, 0) is 24.3 Å². The highest BCUT2D eigenvalue weighted by atomic mass is 16.6. The fourth-order valence-corrected chi connectivity index (χ4v) is 2.77. The zero-order valence-corrected chi connectivity index (χ0v) is 16.4. The standard InChI is InChI=1S/C21H20O8/c1-24-15-10-18(26-3)17(25-2)7-12(15)8-19-21(23)14-6-5-13(9-16(14)29-19)28-11-20(22)27-4/h5-10H,11H2,1-4H3. The van der Waals surface area contributed by atoms with Crippen LogP contribution in [-0.4, -0.2) is 46.8 Å². The lowest BCUT2D eigenvalue weighted by molar-refractivity contribution is -0.142. The SMILES string of the molecule is COC(=O)COc1ccc2c(c1)OC(=Cc1cc(OC)c(OC)cc1OC)C2=O. The largest absolute Gasteiger partial charge is 0.496 e. The van der Waals surface area contributed by atoms with E-state index in [2.05, 4.69) is 4.74 Å². The zero-order chi connectivity index (χ0) is 21.0. The van der Waals surface area contributed by atoms with Gasteiger partial charge in [-0.15, -0.1) is 0 Å². The smallest absolute Gasteiger partial charge is 0.343 e. The molecule has 8 heteroatoms. The zero-order valence-electron chi connectivity index (χ0n) is 16.4. The Labute approximate surface area is 167 Å². The van der Waals surface area contributed by atoms with E-state index in [0.717, 1.165) is 0 Å². The van der Waals surface area contributed by atoms with Crippen LogP contribution in [0, 0.1) is 0 Å². The lowest BCUT2D eigenvalue weighted by Gasteiger charge is -2.12. The van der Waals surface area contributed by atoms with E-state index in [1.165, 1.54) is 28.4 Å². The molecule has 2 aromatic rings. The highest BCUT2D eigenvalue weighted by molar-refractivity contribution is 6.14. The third kappa shape index (κ3) is 4.11. The molecule has 0 saturated heterocycles. The van der Waals surface area contributed by atoms with Gasteiger partial charge in [0.1, 0.15) is 17.2 Å². The summed E-state index contributed by atoms with van der Waals surface area (Å²) in [6.07, 6.45) is 1.57. The quantitative estimate of drug-likeness (QED) is 0.518. The predicted molar refractivity (Wildman–Crippen MR) is 103 cm³/mol. The molecule has 0 unspecified atom stereocenters. The van der Waals surface area contributed by atoms with Crippen LogP contribution in [0.3, 0.4) is 0 Å². The van der Waals surface area contributed by atoms with Crippen molar-refractivity contribution in [3.63, 3.8) is 0 Å². The minimum Gasteiger partial charge on any atom is -0.496 e. The monoisotopic (exact) mass is 400 g/mol. The van der Waals surface area contributed by atoms with Crippen molar-refractivity contribution in [2.24, 2.45) is 0 Å². The molecule has 1 heterocycles. The Morgan fingerprint density at radius 1 is 0.966 bits per heavy atom. The number of methoxy groups -OCH3 is 4. The first-order valence-electron chi connectivity index (χ1n) is 8.58. The van der Waals surface area contributed by atoms with Crippen LogP contribution in [-0.2, 0) is 9.53 Å². The Bertz CT molecular complexity index is 977. The second-order valence-electron chi connectivity index (χ2n) is 5.91. The number of carbonyl (C=O) groups excluding carboxylic acids is 2. The molecular formula is C21H20O8. The van der Waals surface area contributed by atoms with E-state index in [0.29, 0.717) is 39.9 Å². The highest BCUT2D eigenvalue weighted by Crippen LogP contribution is 2.38. The van der Waals surface area contributed by atoms with Gasteiger partial charge in [0.15, 0.2) is 23.9 Å². The summed E-state index contributed by atoms with van der Waals surface area (Å²) in [7, 11) is 5.83. The van der Waals surface area contributed by atoms with Crippen LogP contribution in [0.15, 0.2) is 36.1 Å². The van der Waals surface area contributed by atoms with Gasteiger partial charge in [-0.1, -0.05) is 0 Å². The number of esters is 1. The topological polar surface area (TPSA) is 89.5 Å². The summed E-state index contributed by atoms with van der Waals surface area (Å²) in [6, 6.07) is 8.06. The Kier molecular flexibility index (Phi) is 5.92. The molecule has 0 N–H and O–H groups in total. The van der Waals surface area contributed by atoms with Crippen molar-refractivity contribution in [1.82, 2.24) is 0 Å². The first kappa shape index (κ1) is 20.1. The fraction of sp³-hybridized carbons (Fsp3) is 0.238. The lowest BCUT2D eigenvalue weighted by Crippen LogP contribution is -2.12. The number of ether oxygens (including phenoxy) is 6. The summed E-state index contributed by atoms with van der Waals surface area (Å²) in [5.74, 6) is 1.53. The Morgan fingerprint density at radius 2 is 1.66 bits per heavy atom. The molecule has 0 spiro atoms. The molecule has 0 radical (unpaired) electrons. The van der Waals surface area contributed by atoms with Crippen molar-refractivity contribution >= 4 is 17.8 Å². The van der Waals surface area contributed by atoms with Gasteiger partial charge >= 0.3 is 5.97 Å². The number of allylic oxidation sites excluding steroid dienone is 1. The summed E-state index contributed by atoms with van der Waals surface area (Å²) >= 11 is 0. The van der Waals surface area contributed by atoms with Crippen LogP contribution in [0.5, 0.6) is 28.7 Å². The molecule has 2 aromatic carbocycles. The molecule has 29 heavy (non-hydrogen) atoms. The first-order valence-corrected chi connectivity index (χ1v) is 8.58. The van der Waals surface area contributed by atoms with Crippen molar-refractivity contribution in [2.45, 2.75) is 0 Å². The van der Waals surface area contributed by atoms with Crippen LogP contribution in [0.2, 0.25) is 0 Å². The number of rotatable bonds is 7. The average molecular weight is 400 g/mol. The molecule has 8 nitrogen and oxygen atoms in total. The average Bonchev–Trinajstić information content (AvgIpc) is 3.06. The van der Waals surface area contributed by atoms with Gasteiger partial charge in [-0.25, -0.2) is 4.79 Å². The normalized spacial score (nSPS) is 13.5. The lowest BCUT2D eigenvalue weighted by atomic mass is 10.1. The molecule has 1 aliphatic heterocycles. The first-order chi connectivity index (χ1) is 14.0. The van der Waals surface area contributed by atoms with Crippen LogP contribution in [0.1, 0.15) is 15.9 Å². The molecule has 0 aliphatic carbocycles. The van der Waals surface area contributed by atoms with Crippen molar-refractivity contribution in [3.8, 4) is 28.7 Å². The van der Waals surface area contributed by atoms with E-state index in [9.17, 15) is 9.59 Å². The molecule has 0 amide bonds. The number of hydrogen-bond acceptors (Lipinski definition) is 8. The number of Topliss-reactive ketones (excluding diaryl/α,β-unsaturated/α-hetero) is 1. The van der Waals surface area contributed by atoms with E-state index >= 15 is 0 Å². The number of ketones is 1. The van der Waals surface area contributed by atoms with Crippen LogP contribution < -0.4 is 23.7 Å². The number of fused-ring (bicyclic) bond motifs is 1. The summed E-state index contributed by atoms with van der Waals surface area (Å²) in [5, 5.41) is 0. The minimum atomic E-state index is -0.511. The maximum absolute atomic E-state index is 12.7. The van der Waals surface area contributed by atoms with Crippen molar-refractivity contribution in [3.05, 3.63) is 47.2 Å². The summed E-state index contributed by atoms with van der Waals surface area (Å²) < 4.78 is 31.5. The van der Waals surface area contributed by atoms with Gasteiger partial charge in [0.05, 0.1) is 34.0 Å². The summed E-state index contributed by atoms with van der Waals surface area (Å²) in [6.45, 7) is -0.241. The molecule has 0 bridgehead atoms. The molecule has 0 fully saturated rings. The third-order valence-corrected chi connectivity index (χ3v) is 4.25. The summed E-state index contributed by atoms with van der Waals surface area (Å²) in [5.41, 5.74) is 0.976. The summed E-state index contributed by atoms with van der Waals surface area (Å²) in [4.78, 5) is 23.9. The molecule has 0 saturated carbocycles. The van der Waals surface area contributed by atoms with Gasteiger partial charge in [0, 0.05) is 17.7 Å². The van der Waals surface area contributed by atoms with Crippen molar-refractivity contribution < 1.29 is 38.0 Å². The highest BCUT2D eigenvalue weighted by Gasteiger charge is 2.28. The Hall–Kier alpha value is -3.68. The molecule has 1 aliphatic rings. The number of carbonyl (C=O) groups is 2. The number of benzene rings is 2. The number of hydrogen-bond donors (Lipinski definition) is 0.